The minimum atomic E-state index is -0.0523. The molecular formula is C17H22N2O2. The van der Waals surface area contributed by atoms with E-state index in [2.05, 4.69) is 13.8 Å². The van der Waals surface area contributed by atoms with E-state index in [-0.39, 0.29) is 12.1 Å². The molecule has 0 saturated heterocycles. The first-order valence-corrected chi connectivity index (χ1v) is 7.15. The zero-order chi connectivity index (χ0) is 15.4. The zero-order valence-electron chi connectivity index (χ0n) is 12.8. The Bertz CT molecular complexity index is 675. The molecule has 0 fully saturated rings. The summed E-state index contributed by atoms with van der Waals surface area (Å²) in [4.78, 5) is 12.1. The van der Waals surface area contributed by atoms with Crippen molar-refractivity contribution in [1.29, 1.82) is 0 Å². The summed E-state index contributed by atoms with van der Waals surface area (Å²) < 4.78 is 7.37. The van der Waals surface area contributed by atoms with Crippen LogP contribution in [-0.4, -0.2) is 11.2 Å². The molecule has 0 unspecified atom stereocenters. The van der Waals surface area contributed by atoms with Crippen LogP contribution in [0.5, 0.6) is 5.75 Å². The molecule has 0 saturated carbocycles. The Kier molecular flexibility index (Phi) is 4.81. The molecule has 1 heterocycles. The maximum absolute atomic E-state index is 12.1. The van der Waals surface area contributed by atoms with Gasteiger partial charge in [0.15, 0.2) is 0 Å². The van der Waals surface area contributed by atoms with Crippen LogP contribution in [-0.2, 0) is 13.6 Å². The fourth-order valence-electron chi connectivity index (χ4n) is 2.14. The standard InChI is InChI=1S/C17H22N2O2/c1-12(2)11-21-15-6-4-5-13(9-15)16-8-7-14(10-18)17(20)19(16)3/h4-9,12H,10-11,18H2,1-3H3. The second kappa shape index (κ2) is 6.59. The van der Waals surface area contributed by atoms with Crippen LogP contribution in [0.4, 0.5) is 0 Å². The van der Waals surface area contributed by atoms with Gasteiger partial charge < -0.3 is 15.0 Å². The van der Waals surface area contributed by atoms with Gasteiger partial charge >= 0.3 is 0 Å². The van der Waals surface area contributed by atoms with Crippen LogP contribution in [0, 0.1) is 5.92 Å². The lowest BCUT2D eigenvalue weighted by Gasteiger charge is -2.13. The number of aromatic nitrogens is 1. The molecule has 2 aromatic rings. The molecule has 0 spiro atoms. The number of hydrogen-bond donors (Lipinski definition) is 1. The summed E-state index contributed by atoms with van der Waals surface area (Å²) in [6.07, 6.45) is 0. The van der Waals surface area contributed by atoms with Gasteiger partial charge in [0.2, 0.25) is 0 Å². The van der Waals surface area contributed by atoms with Gasteiger partial charge in [0.1, 0.15) is 5.75 Å². The fourth-order valence-corrected chi connectivity index (χ4v) is 2.14. The van der Waals surface area contributed by atoms with E-state index < -0.39 is 0 Å². The topological polar surface area (TPSA) is 57.2 Å². The number of nitrogens with zero attached hydrogens (tertiary/aromatic N) is 1. The molecule has 2 N–H and O–H groups in total. The lowest BCUT2D eigenvalue weighted by Crippen LogP contribution is -2.23. The van der Waals surface area contributed by atoms with Crippen LogP contribution < -0.4 is 16.0 Å². The first-order chi connectivity index (χ1) is 10.0. The summed E-state index contributed by atoms with van der Waals surface area (Å²) in [7, 11) is 1.76. The fraction of sp³-hybridized carbons (Fsp3) is 0.353. The lowest BCUT2D eigenvalue weighted by atomic mass is 10.1. The van der Waals surface area contributed by atoms with Crippen LogP contribution in [0.2, 0.25) is 0 Å². The normalized spacial score (nSPS) is 10.9. The van der Waals surface area contributed by atoms with Gasteiger partial charge in [-0.25, -0.2) is 0 Å². The van der Waals surface area contributed by atoms with E-state index in [9.17, 15) is 4.79 Å². The Morgan fingerprint density at radius 3 is 2.67 bits per heavy atom. The van der Waals surface area contributed by atoms with Gasteiger partial charge in [0, 0.05) is 24.7 Å². The van der Waals surface area contributed by atoms with Crippen LogP contribution in [0.1, 0.15) is 19.4 Å². The van der Waals surface area contributed by atoms with Crippen molar-refractivity contribution in [1.82, 2.24) is 4.57 Å². The van der Waals surface area contributed by atoms with Crippen molar-refractivity contribution in [3.8, 4) is 17.0 Å². The van der Waals surface area contributed by atoms with E-state index in [4.69, 9.17) is 10.5 Å². The average Bonchev–Trinajstić information content (AvgIpc) is 2.48. The summed E-state index contributed by atoms with van der Waals surface area (Å²) in [6, 6.07) is 11.5. The van der Waals surface area contributed by atoms with Gasteiger partial charge in [-0.1, -0.05) is 32.0 Å². The molecule has 2 rings (SSSR count). The Morgan fingerprint density at radius 1 is 1.24 bits per heavy atom. The SMILES string of the molecule is CC(C)COc1cccc(-c2ccc(CN)c(=O)n2C)c1. The monoisotopic (exact) mass is 286 g/mol. The predicted molar refractivity (Wildman–Crippen MR) is 85.3 cm³/mol. The first-order valence-electron chi connectivity index (χ1n) is 7.15. The Hall–Kier alpha value is -2.07. The molecule has 0 bridgehead atoms. The molecule has 4 heteroatoms. The minimum absolute atomic E-state index is 0.0523. The average molecular weight is 286 g/mol. The maximum Gasteiger partial charge on any atom is 0.255 e. The Labute approximate surface area is 125 Å². The first kappa shape index (κ1) is 15.3. The summed E-state index contributed by atoms with van der Waals surface area (Å²) >= 11 is 0. The molecule has 0 amide bonds. The summed E-state index contributed by atoms with van der Waals surface area (Å²) in [5.74, 6) is 1.29. The van der Waals surface area contributed by atoms with Gasteiger partial charge in [-0.05, 0) is 24.1 Å². The number of nitrogens with two attached hydrogens (primary N) is 1. The van der Waals surface area contributed by atoms with Crippen molar-refractivity contribution in [2.75, 3.05) is 6.61 Å². The van der Waals surface area contributed by atoms with E-state index in [0.29, 0.717) is 18.1 Å². The molecule has 4 nitrogen and oxygen atoms in total. The quantitative estimate of drug-likeness (QED) is 0.919. The van der Waals surface area contributed by atoms with Gasteiger partial charge in [-0.2, -0.15) is 0 Å². The van der Waals surface area contributed by atoms with Crippen molar-refractivity contribution < 1.29 is 4.74 Å². The van der Waals surface area contributed by atoms with E-state index in [0.717, 1.165) is 17.0 Å². The van der Waals surface area contributed by atoms with E-state index in [1.165, 1.54) is 0 Å². The Balaban J connectivity index is 2.36. The number of benzene rings is 1. The number of rotatable bonds is 5. The van der Waals surface area contributed by atoms with Crippen LogP contribution in [0.3, 0.4) is 0 Å². The molecule has 0 radical (unpaired) electrons. The zero-order valence-corrected chi connectivity index (χ0v) is 12.8. The summed E-state index contributed by atoms with van der Waals surface area (Å²) in [5, 5.41) is 0. The van der Waals surface area contributed by atoms with Crippen LogP contribution >= 0.6 is 0 Å². The third-order valence-corrected chi connectivity index (χ3v) is 3.32. The highest BCUT2D eigenvalue weighted by Gasteiger charge is 2.08. The van der Waals surface area contributed by atoms with Gasteiger partial charge in [-0.3, -0.25) is 4.79 Å². The highest BCUT2D eigenvalue weighted by Crippen LogP contribution is 2.23. The molecule has 0 atom stereocenters. The number of hydrogen-bond acceptors (Lipinski definition) is 3. The van der Waals surface area contributed by atoms with Crippen molar-refractivity contribution in [3.05, 3.63) is 52.3 Å². The molecule has 0 aliphatic heterocycles. The molecule has 0 aliphatic rings. The molecule has 1 aromatic carbocycles. The van der Waals surface area contributed by atoms with Gasteiger partial charge in [-0.15, -0.1) is 0 Å². The molecule has 1 aromatic heterocycles. The van der Waals surface area contributed by atoms with E-state index in [1.807, 2.05) is 30.3 Å². The van der Waals surface area contributed by atoms with Gasteiger partial charge in [0.25, 0.3) is 5.56 Å². The van der Waals surface area contributed by atoms with Crippen LogP contribution in [0.25, 0.3) is 11.3 Å². The van der Waals surface area contributed by atoms with Gasteiger partial charge in [0.05, 0.1) is 12.3 Å². The van der Waals surface area contributed by atoms with Crippen molar-refractivity contribution in [2.24, 2.45) is 18.7 Å². The van der Waals surface area contributed by atoms with E-state index in [1.54, 1.807) is 17.7 Å². The van der Waals surface area contributed by atoms with E-state index >= 15 is 0 Å². The largest absolute Gasteiger partial charge is 0.493 e. The molecule has 21 heavy (non-hydrogen) atoms. The van der Waals surface area contributed by atoms with Crippen molar-refractivity contribution in [3.63, 3.8) is 0 Å². The van der Waals surface area contributed by atoms with Crippen molar-refractivity contribution in [2.45, 2.75) is 20.4 Å². The highest BCUT2D eigenvalue weighted by atomic mass is 16.5. The second-order valence-electron chi connectivity index (χ2n) is 5.54. The number of ether oxygens (including phenoxy) is 1. The third-order valence-electron chi connectivity index (χ3n) is 3.32. The number of pyridine rings is 1. The maximum atomic E-state index is 12.1. The lowest BCUT2D eigenvalue weighted by molar-refractivity contribution is 0.271. The Morgan fingerprint density at radius 2 is 2.00 bits per heavy atom. The minimum Gasteiger partial charge on any atom is -0.493 e. The summed E-state index contributed by atoms with van der Waals surface area (Å²) in [5.41, 5.74) is 7.95. The summed E-state index contributed by atoms with van der Waals surface area (Å²) in [6.45, 7) is 5.15. The molecule has 112 valence electrons. The van der Waals surface area contributed by atoms with Crippen molar-refractivity contribution >= 4 is 0 Å². The molecular weight excluding hydrogens is 264 g/mol. The smallest absolute Gasteiger partial charge is 0.255 e. The predicted octanol–water partition coefficient (Wildman–Crippen LogP) is 2.55. The third kappa shape index (κ3) is 3.52. The molecule has 0 aliphatic carbocycles. The second-order valence-corrected chi connectivity index (χ2v) is 5.54. The van der Waals surface area contributed by atoms with Crippen LogP contribution in [0.15, 0.2) is 41.2 Å². The highest BCUT2D eigenvalue weighted by molar-refractivity contribution is 5.61.